The Balaban J connectivity index is 1.38. The van der Waals surface area contributed by atoms with E-state index >= 15 is 0 Å². The molecule has 0 amide bonds. The lowest BCUT2D eigenvalue weighted by molar-refractivity contribution is -0.277. The van der Waals surface area contributed by atoms with E-state index in [4.69, 9.17) is 23.7 Å². The van der Waals surface area contributed by atoms with Crippen LogP contribution in [0, 0.1) is 0 Å². The van der Waals surface area contributed by atoms with Crippen LogP contribution in [-0.4, -0.2) is 132 Å². The lowest BCUT2D eigenvalue weighted by Crippen LogP contribution is -2.60. The van der Waals surface area contributed by atoms with E-state index in [-0.39, 0.29) is 23.7 Å². The number of carbonyl (C=O) groups excluding carboxylic acids is 1. The van der Waals surface area contributed by atoms with Crippen molar-refractivity contribution in [2.24, 2.45) is 0 Å². The molecule has 2 saturated heterocycles. The lowest BCUT2D eigenvalue weighted by Gasteiger charge is -2.39. The van der Waals surface area contributed by atoms with Crippen molar-refractivity contribution in [1.82, 2.24) is 0 Å². The molecule has 2 aliphatic rings. The molecule has 0 saturated carbocycles. The number of hydrogen-bond donors (Lipinski definition) is 10. The molecule has 2 aliphatic heterocycles. The fourth-order valence-electron chi connectivity index (χ4n) is 4.30. The van der Waals surface area contributed by atoms with Gasteiger partial charge in [0.15, 0.2) is 23.0 Å². The van der Waals surface area contributed by atoms with Gasteiger partial charge in [-0.05, 0) is 35.9 Å². The van der Waals surface area contributed by atoms with Gasteiger partial charge in [-0.15, -0.1) is 0 Å². The predicted octanol–water partition coefficient (Wildman–Crippen LogP) is -3.19. The highest BCUT2D eigenvalue weighted by atomic mass is 16.7. The van der Waals surface area contributed by atoms with Crippen LogP contribution in [0.4, 0.5) is 0 Å². The van der Waals surface area contributed by atoms with E-state index < -0.39 is 92.1 Å². The minimum atomic E-state index is -1.75. The highest BCUT2D eigenvalue weighted by molar-refractivity contribution is 5.90. The number of aromatic hydroxyl groups is 2. The first-order valence-electron chi connectivity index (χ1n) is 12.7. The highest BCUT2D eigenvalue weighted by Crippen LogP contribution is 2.33. The van der Waals surface area contributed by atoms with Gasteiger partial charge in [0.05, 0.1) is 18.8 Å². The number of hydrogen-bond acceptors (Lipinski definition) is 16. The Kier molecular flexibility index (Phi) is 10.1. The van der Waals surface area contributed by atoms with Crippen molar-refractivity contribution in [2.45, 2.75) is 68.0 Å². The molecule has 0 aromatic heterocycles. The molecule has 0 unspecified atom stereocenters. The molecule has 2 heterocycles. The van der Waals surface area contributed by atoms with Crippen molar-refractivity contribution < 1.29 is 79.5 Å². The summed E-state index contributed by atoms with van der Waals surface area (Å²) in [5.74, 6) is -2.29. The van der Waals surface area contributed by atoms with Crippen molar-refractivity contribution in [1.29, 1.82) is 0 Å². The minimum Gasteiger partial charge on any atom is -0.504 e. The van der Waals surface area contributed by atoms with E-state index in [0.29, 0.717) is 5.56 Å². The van der Waals surface area contributed by atoms with Crippen LogP contribution in [0.1, 0.15) is 15.9 Å². The summed E-state index contributed by atoms with van der Waals surface area (Å²) in [7, 11) is 0. The van der Waals surface area contributed by atoms with E-state index in [0.717, 1.165) is 12.1 Å². The Hall–Kier alpha value is -3.29. The van der Waals surface area contributed by atoms with Crippen LogP contribution in [0.2, 0.25) is 0 Å². The Morgan fingerprint density at radius 1 is 0.667 bits per heavy atom. The molecular weight excluding hydrogens is 568 g/mol. The van der Waals surface area contributed by atoms with E-state index in [2.05, 4.69) is 0 Å². The summed E-state index contributed by atoms with van der Waals surface area (Å²) in [6, 6.07) is 7.27. The average molecular weight is 601 g/mol. The van der Waals surface area contributed by atoms with Gasteiger partial charge in [-0.2, -0.15) is 0 Å². The Bertz CT molecular complexity index is 1220. The van der Waals surface area contributed by atoms with Gasteiger partial charge < -0.3 is 74.7 Å². The molecule has 16 nitrogen and oxygen atoms in total. The molecule has 2 aromatic rings. The highest BCUT2D eigenvalue weighted by Gasteiger charge is 2.46. The largest absolute Gasteiger partial charge is 0.504 e. The Morgan fingerprint density at radius 2 is 1.21 bits per heavy atom. The van der Waals surface area contributed by atoms with Crippen LogP contribution in [0.3, 0.4) is 0 Å². The Morgan fingerprint density at radius 3 is 1.74 bits per heavy atom. The number of aliphatic hydroxyl groups is 8. The molecule has 2 aromatic carbocycles. The van der Waals surface area contributed by atoms with Crippen LogP contribution in [0.5, 0.6) is 23.0 Å². The summed E-state index contributed by atoms with van der Waals surface area (Å²) < 4.78 is 26.5. The molecule has 2 fully saturated rings. The van der Waals surface area contributed by atoms with Crippen molar-refractivity contribution in [3.63, 3.8) is 0 Å². The lowest BCUT2D eigenvalue weighted by atomic mass is 9.99. The third-order valence-corrected chi connectivity index (χ3v) is 6.77. The van der Waals surface area contributed by atoms with Gasteiger partial charge in [0.25, 0.3) is 0 Å². The summed E-state index contributed by atoms with van der Waals surface area (Å²) in [4.78, 5) is 12.7. The smallest absolute Gasteiger partial charge is 0.338 e. The van der Waals surface area contributed by atoms with Crippen LogP contribution in [0.15, 0.2) is 36.4 Å². The third-order valence-electron chi connectivity index (χ3n) is 6.77. The fourth-order valence-corrected chi connectivity index (χ4v) is 4.30. The number of esters is 1. The van der Waals surface area contributed by atoms with Gasteiger partial charge in [0, 0.05) is 0 Å². The van der Waals surface area contributed by atoms with Crippen molar-refractivity contribution in [2.75, 3.05) is 13.2 Å². The van der Waals surface area contributed by atoms with Crippen molar-refractivity contribution in [3.05, 3.63) is 47.5 Å². The standard InChI is InChI=1S/C26H32O16/c27-7-16-18(31)20(33)22(35)25(41-16)39-14-4-1-10(5-13(14)30)9-38-24(37)11-2-3-12(29)15(6-11)40-26-23(36)21(34)19(32)17(8-28)42-26/h1-6,16-23,25-36H,7-9H2/t16-,17+,18-,19-,20+,21+,22-,23-,25-,26-/m1/s1. The van der Waals surface area contributed by atoms with Crippen LogP contribution >= 0.6 is 0 Å². The zero-order valence-electron chi connectivity index (χ0n) is 21.8. The molecule has 232 valence electrons. The maximum Gasteiger partial charge on any atom is 0.338 e. The summed E-state index contributed by atoms with van der Waals surface area (Å²) in [6.07, 6.45) is -15.6. The second-order valence-corrected chi connectivity index (χ2v) is 9.69. The summed E-state index contributed by atoms with van der Waals surface area (Å²) in [6.45, 7) is -1.69. The zero-order valence-corrected chi connectivity index (χ0v) is 21.8. The number of ether oxygens (including phenoxy) is 5. The van der Waals surface area contributed by atoms with Gasteiger partial charge in [-0.25, -0.2) is 4.79 Å². The minimum absolute atomic E-state index is 0.0980. The van der Waals surface area contributed by atoms with Crippen molar-refractivity contribution in [3.8, 4) is 23.0 Å². The number of carbonyl (C=O) groups is 1. The molecule has 4 rings (SSSR count). The molecule has 42 heavy (non-hydrogen) atoms. The summed E-state index contributed by atoms with van der Waals surface area (Å²) in [5.41, 5.74) is 0.206. The van der Waals surface area contributed by atoms with Gasteiger partial charge in [0.2, 0.25) is 12.6 Å². The first-order valence-corrected chi connectivity index (χ1v) is 12.7. The fraction of sp³-hybridized carbons (Fsp3) is 0.500. The molecule has 0 bridgehead atoms. The van der Waals surface area contributed by atoms with Gasteiger partial charge in [-0.3, -0.25) is 0 Å². The van der Waals surface area contributed by atoms with E-state index in [9.17, 15) is 55.9 Å². The molecule has 0 aliphatic carbocycles. The topological polar surface area (TPSA) is 266 Å². The number of phenols is 2. The normalized spacial score (nSPS) is 33.1. The molecule has 10 atom stereocenters. The molecular formula is C26H32O16. The zero-order chi connectivity index (χ0) is 30.7. The van der Waals surface area contributed by atoms with Gasteiger partial charge in [0.1, 0.15) is 55.4 Å². The summed E-state index contributed by atoms with van der Waals surface area (Å²) in [5, 5.41) is 99.0. The number of aliphatic hydroxyl groups excluding tert-OH is 8. The second kappa shape index (κ2) is 13.3. The molecule has 16 heteroatoms. The predicted molar refractivity (Wildman–Crippen MR) is 134 cm³/mol. The number of rotatable bonds is 9. The number of benzene rings is 2. The van der Waals surface area contributed by atoms with Crippen LogP contribution < -0.4 is 9.47 Å². The second-order valence-electron chi connectivity index (χ2n) is 9.69. The quantitative estimate of drug-likeness (QED) is 0.127. The van der Waals surface area contributed by atoms with Gasteiger partial charge >= 0.3 is 5.97 Å². The maximum atomic E-state index is 12.7. The maximum absolute atomic E-state index is 12.7. The van der Waals surface area contributed by atoms with E-state index in [1.54, 1.807) is 0 Å². The Labute approximate surface area is 237 Å². The first-order chi connectivity index (χ1) is 19.9. The molecule has 10 N–H and O–H groups in total. The van der Waals surface area contributed by atoms with Crippen LogP contribution in [0.25, 0.3) is 0 Å². The van der Waals surface area contributed by atoms with E-state index in [1.165, 1.54) is 24.3 Å². The van der Waals surface area contributed by atoms with E-state index in [1.807, 2.05) is 0 Å². The third kappa shape index (κ3) is 6.68. The van der Waals surface area contributed by atoms with Crippen LogP contribution in [-0.2, 0) is 20.8 Å². The van der Waals surface area contributed by atoms with Gasteiger partial charge in [-0.1, -0.05) is 6.07 Å². The monoisotopic (exact) mass is 600 g/mol. The van der Waals surface area contributed by atoms with Crippen molar-refractivity contribution >= 4 is 5.97 Å². The first kappa shape index (κ1) is 31.6. The SMILES string of the molecule is O=C(OCc1ccc(O[C@@H]2O[C@H](CO)[C@@H](O)[C@H](O)[C@H]2O)c(O)c1)c1ccc(O)c(O[C@@H]2O[C@@H](CO)[C@@H](O)[C@H](O)[C@H]2O)c1. The summed E-state index contributed by atoms with van der Waals surface area (Å²) >= 11 is 0. The molecule has 0 spiro atoms. The molecule has 0 radical (unpaired) electrons. The average Bonchev–Trinajstić information content (AvgIpc) is 2.98. The number of phenolic OH excluding ortho intramolecular Hbond substituents is 2.